The highest BCUT2D eigenvalue weighted by Gasteiger charge is 2.35. The van der Waals surface area contributed by atoms with Crippen molar-refractivity contribution in [2.75, 3.05) is 13.1 Å². The van der Waals surface area contributed by atoms with Gasteiger partial charge in [0.05, 0.1) is 12.1 Å². The highest BCUT2D eigenvalue weighted by atomic mass is 16.5. The molecule has 2 N–H and O–H groups in total. The third-order valence-corrected chi connectivity index (χ3v) is 8.18. The van der Waals surface area contributed by atoms with Crippen LogP contribution in [0, 0.1) is 6.92 Å². The quantitative estimate of drug-likeness (QED) is 0.266. The third-order valence-electron chi connectivity index (χ3n) is 8.18. The van der Waals surface area contributed by atoms with Crippen LogP contribution in [0.3, 0.4) is 0 Å². The zero-order valence-electron chi connectivity index (χ0n) is 24.4. The summed E-state index contributed by atoms with van der Waals surface area (Å²) in [5.41, 5.74) is 4.90. The van der Waals surface area contributed by atoms with Gasteiger partial charge in [0.2, 0.25) is 0 Å². The minimum atomic E-state index is -0.902. The number of carbonyl (C=O) groups excluding carboxylic acids is 1. The Labute approximate surface area is 253 Å². The summed E-state index contributed by atoms with van der Waals surface area (Å²) >= 11 is 0. The van der Waals surface area contributed by atoms with Crippen molar-refractivity contribution < 1.29 is 19.2 Å². The number of rotatable bonds is 8. The van der Waals surface area contributed by atoms with Gasteiger partial charge in [0, 0.05) is 18.7 Å². The van der Waals surface area contributed by atoms with Gasteiger partial charge in [-0.05, 0) is 83.5 Å². The molecular weight excluding hydrogens is 558 g/mol. The van der Waals surface area contributed by atoms with Gasteiger partial charge in [-0.2, -0.15) is 0 Å². The first kappa shape index (κ1) is 28.9. The lowest BCUT2D eigenvalue weighted by molar-refractivity contribution is -0.0211. The Hall–Kier alpha value is -5.15. The lowest BCUT2D eigenvalue weighted by Crippen LogP contribution is -2.45. The zero-order chi connectivity index (χ0) is 30.7. The molecule has 0 spiro atoms. The molecule has 0 unspecified atom stereocenters. The number of nitrogens with zero attached hydrogens (tertiary/aromatic N) is 2. The fourth-order valence-electron chi connectivity index (χ4n) is 5.69. The van der Waals surface area contributed by atoms with E-state index in [0.717, 1.165) is 38.1 Å². The van der Waals surface area contributed by atoms with Gasteiger partial charge in [-0.25, -0.2) is 14.6 Å². The van der Waals surface area contributed by atoms with Crippen molar-refractivity contribution in [1.29, 1.82) is 0 Å². The molecule has 0 saturated carbocycles. The lowest BCUT2D eigenvalue weighted by atomic mass is 9.84. The Morgan fingerprint density at radius 1 is 0.909 bits per heavy atom. The Morgan fingerprint density at radius 2 is 1.66 bits per heavy atom. The van der Waals surface area contributed by atoms with Crippen LogP contribution in [0.2, 0.25) is 0 Å². The molecule has 0 bridgehead atoms. The number of carbonyl (C=O) groups is 1. The fraction of sp³-hybridized carbons (Fsp3) is 0.229. The molecule has 5 aromatic rings. The van der Waals surface area contributed by atoms with Crippen LogP contribution in [-0.4, -0.2) is 38.7 Å². The number of nitrogens with one attached hydrogen (secondary N) is 1. The molecule has 0 atom stereocenters. The summed E-state index contributed by atoms with van der Waals surface area (Å²) < 4.78 is 11.8. The molecule has 9 nitrogen and oxygen atoms in total. The van der Waals surface area contributed by atoms with Crippen LogP contribution >= 0.6 is 0 Å². The van der Waals surface area contributed by atoms with Gasteiger partial charge in [-0.1, -0.05) is 66.7 Å². The van der Waals surface area contributed by atoms with E-state index in [-0.39, 0.29) is 12.5 Å². The van der Waals surface area contributed by atoms with E-state index in [4.69, 9.17) is 9.26 Å². The molecule has 2 heterocycles. The van der Waals surface area contributed by atoms with E-state index in [2.05, 4.69) is 11.1 Å². The van der Waals surface area contributed by atoms with E-state index >= 15 is 0 Å². The zero-order valence-corrected chi connectivity index (χ0v) is 24.4. The molecule has 9 heteroatoms. The summed E-state index contributed by atoms with van der Waals surface area (Å²) in [5.74, 6) is -0.137. The molecule has 44 heavy (non-hydrogen) atoms. The van der Waals surface area contributed by atoms with Crippen LogP contribution in [0.4, 0.5) is 0 Å². The predicted octanol–water partition coefficient (Wildman–Crippen LogP) is 4.86. The van der Waals surface area contributed by atoms with Crippen LogP contribution in [0.15, 0.2) is 111 Å². The average Bonchev–Trinajstić information content (AvgIpc) is 3.36. The van der Waals surface area contributed by atoms with E-state index in [9.17, 15) is 19.5 Å². The Kier molecular flexibility index (Phi) is 8.04. The first-order chi connectivity index (χ1) is 21.3. The standard InChI is InChI=1S/C35H33N3O6/c1-24-20-28(32(39)37-18-16-35(42,17-19-37)29-8-3-2-4-9-29)12-15-31(24)27-7-5-6-26(21-27)23-43-30-13-10-25(11-14-30)22-38-33(40)36-34(41)44-38/h2-15,20-21,42H,16-19,22-23H2,1H3,(H,36,40,41). The second kappa shape index (κ2) is 12.2. The van der Waals surface area contributed by atoms with Crippen molar-refractivity contribution in [2.24, 2.45) is 0 Å². The maximum Gasteiger partial charge on any atom is 0.440 e. The Balaban J connectivity index is 1.07. The molecule has 0 radical (unpaired) electrons. The van der Waals surface area contributed by atoms with Gasteiger partial charge in [0.15, 0.2) is 0 Å². The van der Waals surface area contributed by atoms with Gasteiger partial charge in [0.25, 0.3) is 5.91 Å². The monoisotopic (exact) mass is 591 g/mol. The molecule has 1 fully saturated rings. The van der Waals surface area contributed by atoms with Crippen molar-refractivity contribution >= 4 is 5.91 Å². The molecule has 6 rings (SSSR count). The molecule has 1 amide bonds. The number of hydrogen-bond donors (Lipinski definition) is 2. The van der Waals surface area contributed by atoms with E-state index in [0.29, 0.717) is 43.9 Å². The average molecular weight is 592 g/mol. The van der Waals surface area contributed by atoms with Crippen molar-refractivity contribution in [2.45, 2.75) is 38.5 Å². The number of H-pyrrole nitrogens is 1. The smallest absolute Gasteiger partial charge is 0.440 e. The number of ether oxygens (including phenoxy) is 1. The summed E-state index contributed by atoms with van der Waals surface area (Å²) in [6, 6.07) is 30.8. The van der Waals surface area contributed by atoms with Crippen LogP contribution in [-0.2, 0) is 18.8 Å². The first-order valence-corrected chi connectivity index (χ1v) is 14.6. The molecule has 1 aromatic heterocycles. The molecule has 1 aliphatic heterocycles. The summed E-state index contributed by atoms with van der Waals surface area (Å²) in [7, 11) is 0. The number of amides is 1. The number of piperidine rings is 1. The molecular formula is C35H33N3O6. The number of aromatic amines is 1. The van der Waals surface area contributed by atoms with E-state index in [1.165, 1.54) is 0 Å². The summed E-state index contributed by atoms with van der Waals surface area (Å²) in [4.78, 5) is 40.1. The highest BCUT2D eigenvalue weighted by molar-refractivity contribution is 5.95. The summed E-state index contributed by atoms with van der Waals surface area (Å²) in [5, 5.41) is 11.1. The van der Waals surface area contributed by atoms with Crippen LogP contribution in [0.25, 0.3) is 11.1 Å². The van der Waals surface area contributed by atoms with E-state index < -0.39 is 17.0 Å². The maximum atomic E-state index is 13.3. The molecule has 0 aliphatic carbocycles. The van der Waals surface area contributed by atoms with Gasteiger partial charge >= 0.3 is 11.4 Å². The number of likely N-dealkylation sites (tertiary alicyclic amines) is 1. The summed E-state index contributed by atoms with van der Waals surface area (Å²) in [6.45, 7) is 3.51. The highest BCUT2D eigenvalue weighted by Crippen LogP contribution is 2.33. The Morgan fingerprint density at radius 3 is 2.34 bits per heavy atom. The molecule has 224 valence electrons. The number of aromatic nitrogens is 2. The van der Waals surface area contributed by atoms with Gasteiger partial charge in [-0.3, -0.25) is 4.79 Å². The number of aryl methyl sites for hydroxylation is 1. The van der Waals surface area contributed by atoms with Crippen molar-refractivity contribution in [3.63, 3.8) is 0 Å². The van der Waals surface area contributed by atoms with Crippen molar-refractivity contribution in [3.05, 3.63) is 146 Å². The van der Waals surface area contributed by atoms with Crippen LogP contribution < -0.4 is 16.2 Å². The minimum absolute atomic E-state index is 0.0207. The molecule has 4 aromatic carbocycles. The van der Waals surface area contributed by atoms with Crippen molar-refractivity contribution in [3.8, 4) is 16.9 Å². The van der Waals surface area contributed by atoms with E-state index in [1.807, 2.05) is 90.7 Å². The minimum Gasteiger partial charge on any atom is -0.489 e. The maximum absolute atomic E-state index is 13.3. The SMILES string of the molecule is Cc1cc(C(=O)N2CCC(O)(c3ccccc3)CC2)ccc1-c1cccc(COc2ccc(Cn3oc(=O)[nH]c3=O)cc2)c1. The van der Waals surface area contributed by atoms with Crippen LogP contribution in [0.1, 0.15) is 45.5 Å². The summed E-state index contributed by atoms with van der Waals surface area (Å²) in [6.07, 6.45) is 1.01. The van der Waals surface area contributed by atoms with Crippen molar-refractivity contribution in [1.82, 2.24) is 14.6 Å². The first-order valence-electron chi connectivity index (χ1n) is 14.6. The van der Waals surface area contributed by atoms with Gasteiger partial charge < -0.3 is 19.3 Å². The normalized spacial score (nSPS) is 14.4. The van der Waals surface area contributed by atoms with Gasteiger partial charge in [-0.15, -0.1) is 4.74 Å². The van der Waals surface area contributed by atoms with Gasteiger partial charge in [0.1, 0.15) is 12.4 Å². The van der Waals surface area contributed by atoms with Crippen LogP contribution in [0.5, 0.6) is 5.75 Å². The topological polar surface area (TPSA) is 118 Å². The fourth-order valence-corrected chi connectivity index (χ4v) is 5.69. The third kappa shape index (κ3) is 6.28. The lowest BCUT2D eigenvalue weighted by Gasteiger charge is -2.38. The predicted molar refractivity (Wildman–Crippen MR) is 166 cm³/mol. The largest absolute Gasteiger partial charge is 0.489 e. The molecule has 1 aliphatic rings. The molecule has 1 saturated heterocycles. The Bertz CT molecular complexity index is 1880. The van der Waals surface area contributed by atoms with E-state index in [1.54, 1.807) is 12.1 Å². The number of benzene rings is 4. The number of hydrogen-bond acceptors (Lipinski definition) is 6. The second-order valence-electron chi connectivity index (χ2n) is 11.2. The second-order valence-corrected chi connectivity index (χ2v) is 11.2. The number of aliphatic hydroxyl groups is 1.